The quantitative estimate of drug-likeness (QED) is 0.834. The number of likely N-dealkylation sites (tertiary alicyclic amines) is 1. The van der Waals surface area contributed by atoms with Gasteiger partial charge in [-0.15, -0.1) is 5.10 Å². The molecule has 1 aliphatic carbocycles. The van der Waals surface area contributed by atoms with Gasteiger partial charge in [-0.25, -0.2) is 4.68 Å². The van der Waals surface area contributed by atoms with Crippen molar-refractivity contribution >= 4 is 11.8 Å². The lowest BCUT2D eigenvalue weighted by molar-refractivity contribution is -0.126. The number of piperidine rings is 1. The second-order valence-electron chi connectivity index (χ2n) is 8.63. The molecule has 2 amide bonds. The number of nitrogens with zero attached hydrogens (tertiary/aromatic N) is 4. The molecule has 1 saturated heterocycles. The first-order valence-electron chi connectivity index (χ1n) is 10.8. The van der Waals surface area contributed by atoms with Crippen LogP contribution in [0.5, 0.6) is 0 Å². The van der Waals surface area contributed by atoms with Crippen LogP contribution in [-0.2, 0) is 22.7 Å². The van der Waals surface area contributed by atoms with E-state index >= 15 is 0 Å². The first-order valence-corrected chi connectivity index (χ1v) is 10.8. The van der Waals surface area contributed by atoms with Crippen LogP contribution in [-0.4, -0.2) is 50.8 Å². The predicted octanol–water partition coefficient (Wildman–Crippen LogP) is 1.99. The van der Waals surface area contributed by atoms with Gasteiger partial charge in [0.05, 0.1) is 18.8 Å². The van der Waals surface area contributed by atoms with Crippen LogP contribution in [0.4, 0.5) is 0 Å². The third-order valence-electron chi connectivity index (χ3n) is 6.33. The Balaban J connectivity index is 1.22. The number of hydrogen-bond donors (Lipinski definition) is 1. The van der Waals surface area contributed by atoms with Gasteiger partial charge in [0.15, 0.2) is 5.69 Å². The molecule has 5 rings (SSSR count). The Morgan fingerprint density at radius 3 is 2.53 bits per heavy atom. The van der Waals surface area contributed by atoms with E-state index in [1.165, 1.54) is 5.56 Å². The number of hydrogen-bond acceptors (Lipinski definition) is 5. The number of ether oxygens (including phenoxy) is 1. The van der Waals surface area contributed by atoms with E-state index in [0.29, 0.717) is 50.8 Å². The summed E-state index contributed by atoms with van der Waals surface area (Å²) in [7, 11) is 0. The van der Waals surface area contributed by atoms with Gasteiger partial charge in [0.2, 0.25) is 5.91 Å². The average molecular weight is 409 g/mol. The monoisotopic (exact) mass is 409 g/mol. The molecule has 1 aromatic carbocycles. The Labute approximate surface area is 175 Å². The highest BCUT2D eigenvalue weighted by molar-refractivity contribution is 5.93. The van der Waals surface area contributed by atoms with E-state index in [1.807, 2.05) is 0 Å². The highest BCUT2D eigenvalue weighted by Crippen LogP contribution is 2.28. The molecule has 2 fully saturated rings. The second kappa shape index (κ2) is 7.83. The maximum Gasteiger partial charge on any atom is 0.276 e. The lowest BCUT2D eigenvalue weighted by Gasteiger charge is -2.31. The molecule has 3 heterocycles. The number of rotatable bonds is 4. The van der Waals surface area contributed by atoms with Gasteiger partial charge in [-0.3, -0.25) is 9.59 Å². The minimum absolute atomic E-state index is 0.00212. The van der Waals surface area contributed by atoms with Crippen molar-refractivity contribution in [2.24, 2.45) is 5.92 Å². The standard InChI is InChI=1S/C22H27N5O3/c1-14-2-4-15(5-3-14)19-12-27-18(13-30-19)20(24-25-27)22(29)26-10-8-16(9-11-26)21(28)23-17-6-7-17/h2-5,16-17,19H,6-13H2,1H3,(H,23,28)/t19-/m0/s1. The Morgan fingerprint density at radius 2 is 1.83 bits per heavy atom. The van der Waals surface area contributed by atoms with Gasteiger partial charge in [-0.1, -0.05) is 35.0 Å². The van der Waals surface area contributed by atoms with E-state index in [0.717, 1.165) is 24.1 Å². The van der Waals surface area contributed by atoms with Crippen molar-refractivity contribution in [3.05, 3.63) is 46.8 Å². The maximum atomic E-state index is 13.0. The number of aryl methyl sites for hydroxylation is 1. The molecule has 1 atom stereocenters. The van der Waals surface area contributed by atoms with Crippen molar-refractivity contribution in [2.75, 3.05) is 13.1 Å². The third-order valence-corrected chi connectivity index (χ3v) is 6.33. The summed E-state index contributed by atoms with van der Waals surface area (Å²) < 4.78 is 7.82. The van der Waals surface area contributed by atoms with Gasteiger partial charge in [-0.05, 0) is 38.2 Å². The summed E-state index contributed by atoms with van der Waals surface area (Å²) in [4.78, 5) is 27.1. The molecule has 1 saturated carbocycles. The second-order valence-corrected chi connectivity index (χ2v) is 8.63. The summed E-state index contributed by atoms with van der Waals surface area (Å²) in [5, 5.41) is 11.5. The van der Waals surface area contributed by atoms with Gasteiger partial charge < -0.3 is 15.0 Å². The maximum absolute atomic E-state index is 13.0. The molecule has 0 unspecified atom stereocenters. The first-order chi connectivity index (χ1) is 14.6. The van der Waals surface area contributed by atoms with Crippen LogP contribution < -0.4 is 5.32 Å². The zero-order valence-electron chi connectivity index (χ0n) is 17.2. The van der Waals surface area contributed by atoms with Crippen LogP contribution in [0.3, 0.4) is 0 Å². The molecule has 0 spiro atoms. The molecule has 1 aromatic heterocycles. The smallest absolute Gasteiger partial charge is 0.276 e. The normalized spacial score (nSPS) is 21.9. The van der Waals surface area contributed by atoms with Gasteiger partial charge in [0, 0.05) is 25.0 Å². The van der Waals surface area contributed by atoms with Crippen molar-refractivity contribution in [1.29, 1.82) is 0 Å². The SMILES string of the molecule is Cc1ccc([C@@H]2Cn3nnc(C(=O)N4CCC(C(=O)NC5CC5)CC4)c3CO2)cc1. The van der Waals surface area contributed by atoms with E-state index in [1.54, 1.807) is 9.58 Å². The summed E-state index contributed by atoms with van der Waals surface area (Å²) in [5.41, 5.74) is 3.41. The fraction of sp³-hybridized carbons (Fsp3) is 0.545. The molecule has 8 nitrogen and oxygen atoms in total. The molecular formula is C22H27N5O3. The molecule has 2 aliphatic heterocycles. The largest absolute Gasteiger partial charge is 0.365 e. The fourth-order valence-corrected chi connectivity index (χ4v) is 4.20. The molecule has 8 heteroatoms. The molecule has 1 N–H and O–H groups in total. The van der Waals surface area contributed by atoms with E-state index < -0.39 is 0 Å². The Morgan fingerprint density at radius 1 is 1.10 bits per heavy atom. The summed E-state index contributed by atoms with van der Waals surface area (Å²) in [5.74, 6) is 0.0261. The number of carbonyl (C=O) groups excluding carboxylic acids is 2. The molecular weight excluding hydrogens is 382 g/mol. The highest BCUT2D eigenvalue weighted by Gasteiger charge is 2.34. The summed E-state index contributed by atoms with van der Waals surface area (Å²) in [6.07, 6.45) is 3.48. The minimum Gasteiger partial charge on any atom is -0.365 e. The lowest BCUT2D eigenvalue weighted by Crippen LogP contribution is -2.43. The van der Waals surface area contributed by atoms with Crippen LogP contribution in [0, 0.1) is 12.8 Å². The van der Waals surface area contributed by atoms with Crippen molar-refractivity contribution in [1.82, 2.24) is 25.2 Å². The van der Waals surface area contributed by atoms with Crippen molar-refractivity contribution in [3.8, 4) is 0 Å². The highest BCUT2D eigenvalue weighted by atomic mass is 16.5. The summed E-state index contributed by atoms with van der Waals surface area (Å²) in [6, 6.07) is 8.65. The molecule has 0 radical (unpaired) electrons. The van der Waals surface area contributed by atoms with Crippen LogP contribution in [0.15, 0.2) is 24.3 Å². The Hall–Kier alpha value is -2.74. The average Bonchev–Trinajstić information content (AvgIpc) is 3.49. The van der Waals surface area contributed by atoms with Crippen molar-refractivity contribution in [3.63, 3.8) is 0 Å². The van der Waals surface area contributed by atoms with Crippen molar-refractivity contribution in [2.45, 2.75) is 57.9 Å². The van der Waals surface area contributed by atoms with Crippen molar-refractivity contribution < 1.29 is 14.3 Å². The number of fused-ring (bicyclic) bond motifs is 1. The summed E-state index contributed by atoms with van der Waals surface area (Å²) in [6.45, 7) is 4.05. The molecule has 0 bridgehead atoms. The molecule has 30 heavy (non-hydrogen) atoms. The Bertz CT molecular complexity index is 942. The minimum atomic E-state index is -0.116. The Kier molecular flexibility index (Phi) is 5.02. The van der Waals surface area contributed by atoms with Gasteiger partial charge in [0.1, 0.15) is 6.10 Å². The topological polar surface area (TPSA) is 89.4 Å². The van der Waals surface area contributed by atoms with Gasteiger partial charge >= 0.3 is 0 Å². The lowest BCUT2D eigenvalue weighted by atomic mass is 9.95. The summed E-state index contributed by atoms with van der Waals surface area (Å²) >= 11 is 0. The first kappa shape index (κ1) is 19.2. The number of benzene rings is 1. The van der Waals surface area contributed by atoms with E-state index in [9.17, 15) is 9.59 Å². The molecule has 3 aliphatic rings. The van der Waals surface area contributed by atoms with Crippen LogP contribution in [0.25, 0.3) is 0 Å². The number of amides is 2. The van der Waals surface area contributed by atoms with Crippen LogP contribution in [0.2, 0.25) is 0 Å². The number of carbonyl (C=O) groups is 2. The third kappa shape index (κ3) is 3.84. The molecule has 2 aromatic rings. The van der Waals surface area contributed by atoms with Gasteiger partial charge in [0.25, 0.3) is 5.91 Å². The van der Waals surface area contributed by atoms with E-state index in [2.05, 4.69) is 46.8 Å². The number of nitrogens with one attached hydrogen (secondary N) is 1. The van der Waals surface area contributed by atoms with Crippen LogP contribution in [0.1, 0.15) is 59.1 Å². The predicted molar refractivity (Wildman–Crippen MR) is 109 cm³/mol. The zero-order chi connectivity index (χ0) is 20.7. The zero-order valence-corrected chi connectivity index (χ0v) is 17.2. The molecule has 158 valence electrons. The number of aromatic nitrogens is 3. The van der Waals surface area contributed by atoms with E-state index in [4.69, 9.17) is 4.74 Å². The van der Waals surface area contributed by atoms with Gasteiger partial charge in [-0.2, -0.15) is 0 Å². The van der Waals surface area contributed by atoms with E-state index in [-0.39, 0.29) is 23.8 Å². The van der Waals surface area contributed by atoms with Crippen LogP contribution >= 0.6 is 0 Å². The fourth-order valence-electron chi connectivity index (χ4n) is 4.20.